The zero-order valence-electron chi connectivity index (χ0n) is 10.0. The van der Waals surface area contributed by atoms with E-state index < -0.39 is 0 Å². The van der Waals surface area contributed by atoms with Crippen LogP contribution in [0.25, 0.3) is 0 Å². The SMILES string of the molecule is Cc1cc(C)c(C2CCCNC2)cc1C#N. The van der Waals surface area contributed by atoms with E-state index in [9.17, 15) is 0 Å². The van der Waals surface area contributed by atoms with E-state index in [1.165, 1.54) is 24.0 Å². The van der Waals surface area contributed by atoms with E-state index in [0.717, 1.165) is 24.2 Å². The van der Waals surface area contributed by atoms with Gasteiger partial charge in [0.15, 0.2) is 0 Å². The normalized spacial score (nSPS) is 20.4. The highest BCUT2D eigenvalue weighted by Crippen LogP contribution is 2.28. The second-order valence-electron chi connectivity index (χ2n) is 4.68. The summed E-state index contributed by atoms with van der Waals surface area (Å²) >= 11 is 0. The third-order valence-electron chi connectivity index (χ3n) is 3.47. The summed E-state index contributed by atoms with van der Waals surface area (Å²) in [5.74, 6) is 0.585. The highest BCUT2D eigenvalue weighted by Gasteiger charge is 2.17. The number of aryl methyl sites for hydroxylation is 2. The molecule has 0 saturated carbocycles. The first-order valence-corrected chi connectivity index (χ1v) is 5.94. The fourth-order valence-electron chi connectivity index (χ4n) is 2.55. The van der Waals surface area contributed by atoms with Crippen molar-refractivity contribution in [3.63, 3.8) is 0 Å². The van der Waals surface area contributed by atoms with Gasteiger partial charge < -0.3 is 5.32 Å². The molecule has 0 radical (unpaired) electrons. The van der Waals surface area contributed by atoms with Crippen LogP contribution in [-0.4, -0.2) is 13.1 Å². The summed E-state index contributed by atoms with van der Waals surface area (Å²) in [5.41, 5.74) is 4.60. The van der Waals surface area contributed by atoms with Gasteiger partial charge in [0.25, 0.3) is 0 Å². The molecule has 1 atom stereocenters. The van der Waals surface area contributed by atoms with Gasteiger partial charge in [-0.15, -0.1) is 0 Å². The molecule has 1 fully saturated rings. The highest BCUT2D eigenvalue weighted by molar-refractivity contribution is 5.45. The summed E-state index contributed by atoms with van der Waals surface area (Å²) in [4.78, 5) is 0. The third kappa shape index (κ3) is 2.10. The van der Waals surface area contributed by atoms with Gasteiger partial charge in [0.1, 0.15) is 0 Å². The Labute approximate surface area is 97.3 Å². The fourth-order valence-corrected chi connectivity index (χ4v) is 2.55. The van der Waals surface area contributed by atoms with Crippen LogP contribution in [0.2, 0.25) is 0 Å². The van der Waals surface area contributed by atoms with Gasteiger partial charge >= 0.3 is 0 Å². The van der Waals surface area contributed by atoms with E-state index in [2.05, 4.69) is 30.4 Å². The molecule has 16 heavy (non-hydrogen) atoms. The van der Waals surface area contributed by atoms with E-state index in [1.807, 2.05) is 6.92 Å². The number of piperidine rings is 1. The summed E-state index contributed by atoms with van der Waals surface area (Å²) in [5, 5.41) is 12.5. The largest absolute Gasteiger partial charge is 0.316 e. The van der Waals surface area contributed by atoms with Crippen LogP contribution in [0.3, 0.4) is 0 Å². The predicted molar refractivity (Wildman–Crippen MR) is 65.5 cm³/mol. The van der Waals surface area contributed by atoms with Crippen molar-refractivity contribution in [2.24, 2.45) is 0 Å². The van der Waals surface area contributed by atoms with Gasteiger partial charge in [-0.1, -0.05) is 6.07 Å². The topological polar surface area (TPSA) is 35.8 Å². The monoisotopic (exact) mass is 214 g/mol. The van der Waals surface area contributed by atoms with Crippen LogP contribution in [-0.2, 0) is 0 Å². The van der Waals surface area contributed by atoms with Crippen LogP contribution in [0.1, 0.15) is 41.0 Å². The molecule has 2 heteroatoms. The van der Waals surface area contributed by atoms with Gasteiger partial charge in [0, 0.05) is 6.54 Å². The molecule has 1 saturated heterocycles. The molecule has 1 aromatic rings. The minimum absolute atomic E-state index is 0.585. The summed E-state index contributed by atoms with van der Waals surface area (Å²) in [7, 11) is 0. The number of nitrogens with one attached hydrogen (secondary N) is 1. The van der Waals surface area contributed by atoms with Crippen molar-refractivity contribution in [1.82, 2.24) is 5.32 Å². The van der Waals surface area contributed by atoms with Crippen LogP contribution in [0.4, 0.5) is 0 Å². The summed E-state index contributed by atoms with van der Waals surface area (Å²) in [6.45, 7) is 6.34. The maximum absolute atomic E-state index is 9.07. The Kier molecular flexibility index (Phi) is 3.26. The van der Waals surface area contributed by atoms with Gasteiger partial charge in [-0.25, -0.2) is 0 Å². The Morgan fingerprint density at radius 1 is 1.31 bits per heavy atom. The first-order valence-electron chi connectivity index (χ1n) is 5.94. The molecule has 1 aliphatic rings. The lowest BCUT2D eigenvalue weighted by Crippen LogP contribution is -2.28. The first-order chi connectivity index (χ1) is 7.72. The Bertz CT molecular complexity index is 423. The number of benzene rings is 1. The maximum Gasteiger partial charge on any atom is 0.0994 e. The standard InChI is InChI=1S/C14H18N2/c1-10-6-11(2)14(7-13(10)8-15)12-4-3-5-16-9-12/h6-7,12,16H,3-5,9H2,1-2H3. The summed E-state index contributed by atoms with van der Waals surface area (Å²) in [6, 6.07) is 6.51. The molecule has 1 aliphatic heterocycles. The number of hydrogen-bond donors (Lipinski definition) is 1. The van der Waals surface area contributed by atoms with Gasteiger partial charge in [0.05, 0.1) is 11.6 Å². The van der Waals surface area contributed by atoms with Crippen molar-refractivity contribution in [3.8, 4) is 6.07 Å². The number of hydrogen-bond acceptors (Lipinski definition) is 2. The van der Waals surface area contributed by atoms with E-state index in [0.29, 0.717) is 5.92 Å². The van der Waals surface area contributed by atoms with Crippen molar-refractivity contribution >= 4 is 0 Å². The van der Waals surface area contributed by atoms with Gasteiger partial charge in [0.2, 0.25) is 0 Å². The summed E-state index contributed by atoms with van der Waals surface area (Å²) < 4.78 is 0. The fraction of sp³-hybridized carbons (Fsp3) is 0.500. The molecule has 1 N–H and O–H groups in total. The van der Waals surface area contributed by atoms with Gasteiger partial charge in [-0.3, -0.25) is 0 Å². The van der Waals surface area contributed by atoms with Crippen molar-refractivity contribution in [1.29, 1.82) is 5.26 Å². The molecule has 0 bridgehead atoms. The molecule has 2 rings (SSSR count). The molecule has 2 nitrogen and oxygen atoms in total. The smallest absolute Gasteiger partial charge is 0.0994 e. The molecular formula is C14H18N2. The van der Waals surface area contributed by atoms with E-state index >= 15 is 0 Å². The third-order valence-corrected chi connectivity index (χ3v) is 3.47. The van der Waals surface area contributed by atoms with E-state index in [1.54, 1.807) is 0 Å². The average molecular weight is 214 g/mol. The lowest BCUT2D eigenvalue weighted by molar-refractivity contribution is 0.460. The van der Waals surface area contributed by atoms with Crippen molar-refractivity contribution in [2.75, 3.05) is 13.1 Å². The molecular weight excluding hydrogens is 196 g/mol. The Hall–Kier alpha value is -1.33. The minimum atomic E-state index is 0.585. The molecule has 1 unspecified atom stereocenters. The zero-order chi connectivity index (χ0) is 11.5. The Balaban J connectivity index is 2.36. The van der Waals surface area contributed by atoms with E-state index in [-0.39, 0.29) is 0 Å². The van der Waals surface area contributed by atoms with Gasteiger partial charge in [-0.2, -0.15) is 5.26 Å². The van der Waals surface area contributed by atoms with Crippen LogP contribution in [0.5, 0.6) is 0 Å². The second-order valence-corrected chi connectivity index (χ2v) is 4.68. The maximum atomic E-state index is 9.07. The van der Waals surface area contributed by atoms with Crippen molar-refractivity contribution < 1.29 is 0 Å². The lowest BCUT2D eigenvalue weighted by Gasteiger charge is -2.25. The first kappa shape index (κ1) is 11.2. The minimum Gasteiger partial charge on any atom is -0.316 e. The van der Waals surface area contributed by atoms with E-state index in [4.69, 9.17) is 5.26 Å². The quantitative estimate of drug-likeness (QED) is 0.780. The van der Waals surface area contributed by atoms with Crippen LogP contribution in [0, 0.1) is 25.2 Å². The molecule has 0 aliphatic carbocycles. The van der Waals surface area contributed by atoms with Gasteiger partial charge in [-0.05, 0) is 61.9 Å². The Morgan fingerprint density at radius 2 is 2.12 bits per heavy atom. The summed E-state index contributed by atoms with van der Waals surface area (Å²) in [6.07, 6.45) is 2.47. The molecule has 1 heterocycles. The second kappa shape index (κ2) is 4.67. The molecule has 84 valence electrons. The molecule has 1 aromatic carbocycles. The number of nitrogens with zero attached hydrogens (tertiary/aromatic N) is 1. The molecule has 0 spiro atoms. The highest BCUT2D eigenvalue weighted by atomic mass is 14.9. The molecule has 0 amide bonds. The Morgan fingerprint density at radius 3 is 2.75 bits per heavy atom. The van der Waals surface area contributed by atoms with Crippen molar-refractivity contribution in [3.05, 3.63) is 34.4 Å². The van der Waals surface area contributed by atoms with Crippen LogP contribution >= 0.6 is 0 Å². The predicted octanol–water partition coefficient (Wildman–Crippen LogP) is 2.64. The molecule has 0 aromatic heterocycles. The average Bonchev–Trinajstić information content (AvgIpc) is 2.30. The van der Waals surface area contributed by atoms with Crippen LogP contribution in [0.15, 0.2) is 12.1 Å². The number of nitriles is 1. The van der Waals surface area contributed by atoms with Crippen LogP contribution < -0.4 is 5.32 Å². The van der Waals surface area contributed by atoms with Crippen molar-refractivity contribution in [2.45, 2.75) is 32.6 Å². The number of rotatable bonds is 1. The lowest BCUT2D eigenvalue weighted by atomic mass is 9.86. The zero-order valence-corrected chi connectivity index (χ0v) is 10.0.